The van der Waals surface area contributed by atoms with Crippen LogP contribution in [0.2, 0.25) is 0 Å². The SMILES string of the molecule is CCn1ncc(CNC(=O)CCc2ccccc2)c1C. The number of carbonyl (C=O) groups excluding carboxylic acids is 1. The van der Waals surface area contributed by atoms with Crippen LogP contribution in [0.25, 0.3) is 0 Å². The lowest BCUT2D eigenvalue weighted by Gasteiger charge is -2.06. The number of amides is 1. The van der Waals surface area contributed by atoms with Gasteiger partial charge in [0.15, 0.2) is 0 Å². The van der Waals surface area contributed by atoms with E-state index < -0.39 is 0 Å². The highest BCUT2D eigenvalue weighted by molar-refractivity contribution is 5.76. The maximum Gasteiger partial charge on any atom is 0.220 e. The van der Waals surface area contributed by atoms with Crippen molar-refractivity contribution in [3.8, 4) is 0 Å². The molecule has 0 bridgehead atoms. The molecule has 0 saturated carbocycles. The van der Waals surface area contributed by atoms with Crippen LogP contribution in [0.3, 0.4) is 0 Å². The monoisotopic (exact) mass is 271 g/mol. The standard InChI is InChI=1S/C16H21N3O/c1-3-19-13(2)15(12-18-19)11-17-16(20)10-9-14-7-5-4-6-8-14/h4-8,12H,3,9-11H2,1-2H3,(H,17,20). The first-order valence-electron chi connectivity index (χ1n) is 7.02. The topological polar surface area (TPSA) is 46.9 Å². The van der Waals surface area contributed by atoms with Crippen LogP contribution in [0, 0.1) is 6.92 Å². The second-order valence-electron chi connectivity index (χ2n) is 4.83. The Labute approximate surface area is 119 Å². The third-order valence-corrected chi connectivity index (χ3v) is 3.46. The number of carbonyl (C=O) groups is 1. The van der Waals surface area contributed by atoms with Crippen molar-refractivity contribution in [2.75, 3.05) is 0 Å². The van der Waals surface area contributed by atoms with Crippen LogP contribution < -0.4 is 5.32 Å². The van der Waals surface area contributed by atoms with E-state index in [1.165, 1.54) is 5.56 Å². The van der Waals surface area contributed by atoms with E-state index >= 15 is 0 Å². The Morgan fingerprint density at radius 3 is 2.70 bits per heavy atom. The summed E-state index contributed by atoms with van der Waals surface area (Å²) in [4.78, 5) is 11.8. The zero-order valence-electron chi connectivity index (χ0n) is 12.1. The molecule has 0 saturated heterocycles. The van der Waals surface area contributed by atoms with Gasteiger partial charge < -0.3 is 5.32 Å². The quantitative estimate of drug-likeness (QED) is 0.877. The third kappa shape index (κ3) is 3.70. The van der Waals surface area contributed by atoms with Gasteiger partial charge in [-0.1, -0.05) is 30.3 Å². The molecule has 20 heavy (non-hydrogen) atoms. The van der Waals surface area contributed by atoms with Crippen molar-refractivity contribution in [3.05, 3.63) is 53.3 Å². The summed E-state index contributed by atoms with van der Waals surface area (Å²) in [6.45, 7) is 5.50. The average Bonchev–Trinajstić information content (AvgIpc) is 2.84. The highest BCUT2D eigenvalue weighted by atomic mass is 16.1. The summed E-state index contributed by atoms with van der Waals surface area (Å²) in [5.74, 6) is 0.0810. The van der Waals surface area contributed by atoms with Gasteiger partial charge in [-0.3, -0.25) is 9.48 Å². The summed E-state index contributed by atoms with van der Waals surface area (Å²) in [6, 6.07) is 10.1. The van der Waals surface area contributed by atoms with Crippen LogP contribution in [0.5, 0.6) is 0 Å². The van der Waals surface area contributed by atoms with Crippen LogP contribution in [-0.2, 0) is 24.3 Å². The number of aryl methyl sites for hydroxylation is 2. The van der Waals surface area contributed by atoms with Gasteiger partial charge >= 0.3 is 0 Å². The lowest BCUT2D eigenvalue weighted by molar-refractivity contribution is -0.121. The van der Waals surface area contributed by atoms with E-state index in [0.29, 0.717) is 13.0 Å². The zero-order valence-corrected chi connectivity index (χ0v) is 12.1. The van der Waals surface area contributed by atoms with Gasteiger partial charge in [0, 0.05) is 30.8 Å². The number of hydrogen-bond donors (Lipinski definition) is 1. The van der Waals surface area contributed by atoms with Crippen LogP contribution in [-0.4, -0.2) is 15.7 Å². The summed E-state index contributed by atoms with van der Waals surface area (Å²) in [5, 5.41) is 7.23. The minimum Gasteiger partial charge on any atom is -0.352 e. The Bertz CT molecular complexity index is 560. The molecule has 2 aromatic rings. The highest BCUT2D eigenvalue weighted by Gasteiger charge is 2.07. The maximum absolute atomic E-state index is 11.8. The fourth-order valence-electron chi connectivity index (χ4n) is 2.16. The van der Waals surface area contributed by atoms with Crippen molar-refractivity contribution in [2.45, 2.75) is 39.8 Å². The van der Waals surface area contributed by atoms with Crippen molar-refractivity contribution in [2.24, 2.45) is 0 Å². The Morgan fingerprint density at radius 2 is 2.05 bits per heavy atom. The smallest absolute Gasteiger partial charge is 0.220 e. The van der Waals surface area contributed by atoms with Crippen molar-refractivity contribution >= 4 is 5.91 Å². The van der Waals surface area contributed by atoms with Crippen molar-refractivity contribution < 1.29 is 4.79 Å². The summed E-state index contributed by atoms with van der Waals surface area (Å²) in [6.07, 6.45) is 3.13. The first-order chi connectivity index (χ1) is 9.70. The normalized spacial score (nSPS) is 10.5. The highest BCUT2D eigenvalue weighted by Crippen LogP contribution is 2.07. The molecule has 0 spiro atoms. The molecule has 2 rings (SSSR count). The number of nitrogens with zero attached hydrogens (tertiary/aromatic N) is 2. The molecule has 1 N–H and O–H groups in total. The molecule has 0 atom stereocenters. The lowest BCUT2D eigenvalue weighted by atomic mass is 10.1. The number of benzene rings is 1. The van der Waals surface area contributed by atoms with Gasteiger partial charge in [0.2, 0.25) is 5.91 Å². The second-order valence-corrected chi connectivity index (χ2v) is 4.83. The Hall–Kier alpha value is -2.10. The van der Waals surface area contributed by atoms with E-state index in [1.807, 2.05) is 48.1 Å². The summed E-state index contributed by atoms with van der Waals surface area (Å²) >= 11 is 0. The molecule has 4 heteroatoms. The molecular weight excluding hydrogens is 250 g/mol. The van der Waals surface area contributed by atoms with Gasteiger partial charge in [-0.2, -0.15) is 5.10 Å². The predicted molar refractivity (Wildman–Crippen MR) is 79.2 cm³/mol. The summed E-state index contributed by atoms with van der Waals surface area (Å²) < 4.78 is 1.94. The van der Waals surface area contributed by atoms with Crippen molar-refractivity contribution in [1.29, 1.82) is 0 Å². The molecule has 0 unspecified atom stereocenters. The van der Waals surface area contributed by atoms with E-state index in [0.717, 1.165) is 24.2 Å². The Balaban J connectivity index is 1.79. The Morgan fingerprint density at radius 1 is 1.30 bits per heavy atom. The maximum atomic E-state index is 11.8. The summed E-state index contributed by atoms with van der Waals surface area (Å²) in [5.41, 5.74) is 3.40. The molecule has 0 aliphatic heterocycles. The number of hydrogen-bond acceptors (Lipinski definition) is 2. The molecule has 4 nitrogen and oxygen atoms in total. The Kier molecular flexibility index (Phi) is 4.93. The fourth-order valence-corrected chi connectivity index (χ4v) is 2.16. The summed E-state index contributed by atoms with van der Waals surface area (Å²) in [7, 11) is 0. The van der Waals surface area contributed by atoms with E-state index in [-0.39, 0.29) is 5.91 Å². The first-order valence-corrected chi connectivity index (χ1v) is 7.02. The van der Waals surface area contributed by atoms with Crippen molar-refractivity contribution in [3.63, 3.8) is 0 Å². The second kappa shape index (κ2) is 6.89. The molecular formula is C16H21N3O. The average molecular weight is 271 g/mol. The molecule has 1 amide bonds. The minimum absolute atomic E-state index is 0.0810. The molecule has 1 heterocycles. The van der Waals surface area contributed by atoms with Crippen LogP contribution in [0.1, 0.15) is 30.2 Å². The molecule has 0 radical (unpaired) electrons. The first kappa shape index (κ1) is 14.3. The molecule has 0 aliphatic carbocycles. The van der Waals surface area contributed by atoms with Crippen LogP contribution in [0.15, 0.2) is 36.5 Å². The van der Waals surface area contributed by atoms with Gasteiger partial charge in [-0.05, 0) is 25.8 Å². The lowest BCUT2D eigenvalue weighted by Crippen LogP contribution is -2.23. The van der Waals surface area contributed by atoms with Gasteiger partial charge in [0.25, 0.3) is 0 Å². The fraction of sp³-hybridized carbons (Fsp3) is 0.375. The van der Waals surface area contributed by atoms with E-state index in [9.17, 15) is 4.79 Å². The molecule has 1 aromatic carbocycles. The van der Waals surface area contributed by atoms with E-state index in [2.05, 4.69) is 17.3 Å². The number of aromatic nitrogens is 2. The third-order valence-electron chi connectivity index (χ3n) is 3.46. The van der Waals surface area contributed by atoms with E-state index in [1.54, 1.807) is 0 Å². The van der Waals surface area contributed by atoms with Gasteiger partial charge in [0.1, 0.15) is 0 Å². The number of rotatable bonds is 6. The van der Waals surface area contributed by atoms with Crippen molar-refractivity contribution in [1.82, 2.24) is 15.1 Å². The largest absolute Gasteiger partial charge is 0.352 e. The van der Waals surface area contributed by atoms with Crippen LogP contribution >= 0.6 is 0 Å². The molecule has 0 fully saturated rings. The molecule has 1 aromatic heterocycles. The van der Waals surface area contributed by atoms with Gasteiger partial charge in [0.05, 0.1) is 6.20 Å². The molecule has 106 valence electrons. The predicted octanol–water partition coefficient (Wildman–Crippen LogP) is 2.46. The van der Waals surface area contributed by atoms with E-state index in [4.69, 9.17) is 0 Å². The minimum atomic E-state index is 0.0810. The molecule has 0 aliphatic rings. The van der Waals surface area contributed by atoms with Gasteiger partial charge in [-0.15, -0.1) is 0 Å². The zero-order chi connectivity index (χ0) is 14.4. The van der Waals surface area contributed by atoms with Gasteiger partial charge in [-0.25, -0.2) is 0 Å². The number of nitrogens with one attached hydrogen (secondary N) is 1. The van der Waals surface area contributed by atoms with Crippen LogP contribution in [0.4, 0.5) is 0 Å².